The largest absolute Gasteiger partial charge is 0.497 e. The number of hydrogen-bond acceptors (Lipinski definition) is 2. The van der Waals surface area contributed by atoms with E-state index in [9.17, 15) is 4.39 Å². The zero-order valence-electron chi connectivity index (χ0n) is 10.7. The van der Waals surface area contributed by atoms with Crippen molar-refractivity contribution in [2.45, 2.75) is 13.1 Å². The molecule has 0 saturated carbocycles. The van der Waals surface area contributed by atoms with Crippen molar-refractivity contribution < 1.29 is 9.13 Å². The van der Waals surface area contributed by atoms with E-state index in [-0.39, 0.29) is 18.2 Å². The zero-order chi connectivity index (χ0) is 12.8. The first-order chi connectivity index (χ1) is 8.78. The molecule has 0 radical (unpaired) electrons. The molecule has 0 aliphatic heterocycles. The Hall–Kier alpha value is -1.58. The van der Waals surface area contributed by atoms with Crippen LogP contribution in [-0.2, 0) is 13.1 Å². The van der Waals surface area contributed by atoms with Gasteiger partial charge in [-0.1, -0.05) is 24.3 Å². The van der Waals surface area contributed by atoms with Crippen LogP contribution in [-0.4, -0.2) is 7.11 Å². The Kier molecular flexibility index (Phi) is 6.33. The maximum absolute atomic E-state index is 12.7. The van der Waals surface area contributed by atoms with E-state index in [2.05, 4.69) is 5.32 Å². The van der Waals surface area contributed by atoms with E-state index in [0.717, 1.165) is 24.4 Å². The summed E-state index contributed by atoms with van der Waals surface area (Å²) in [5, 5.41) is 3.31. The first kappa shape index (κ1) is 15.5. The Labute approximate surface area is 119 Å². The summed E-state index contributed by atoms with van der Waals surface area (Å²) in [4.78, 5) is 0. The minimum atomic E-state index is -0.200. The van der Waals surface area contributed by atoms with Crippen molar-refractivity contribution >= 4 is 12.4 Å². The summed E-state index contributed by atoms with van der Waals surface area (Å²) in [7, 11) is 1.65. The smallest absolute Gasteiger partial charge is 0.123 e. The van der Waals surface area contributed by atoms with Crippen molar-refractivity contribution in [2.24, 2.45) is 0 Å². The van der Waals surface area contributed by atoms with Gasteiger partial charge in [-0.3, -0.25) is 0 Å². The predicted octanol–water partition coefficient (Wildman–Crippen LogP) is 3.55. The molecule has 1 N–H and O–H groups in total. The molecular weight excluding hydrogens is 265 g/mol. The molecule has 0 saturated heterocycles. The first-order valence-electron chi connectivity index (χ1n) is 5.86. The van der Waals surface area contributed by atoms with E-state index in [1.54, 1.807) is 19.2 Å². The summed E-state index contributed by atoms with van der Waals surface area (Å²) >= 11 is 0. The molecule has 2 aromatic rings. The van der Waals surface area contributed by atoms with Gasteiger partial charge in [-0.05, 0) is 35.4 Å². The highest BCUT2D eigenvalue weighted by molar-refractivity contribution is 5.85. The minimum absolute atomic E-state index is 0. The number of halogens is 2. The number of benzene rings is 2. The summed E-state index contributed by atoms with van der Waals surface area (Å²) in [6.07, 6.45) is 0. The highest BCUT2D eigenvalue weighted by Crippen LogP contribution is 2.11. The molecule has 0 amide bonds. The molecule has 102 valence electrons. The molecule has 2 nitrogen and oxygen atoms in total. The highest BCUT2D eigenvalue weighted by Gasteiger charge is 1.96. The van der Waals surface area contributed by atoms with Gasteiger partial charge in [-0.15, -0.1) is 12.4 Å². The van der Waals surface area contributed by atoms with Gasteiger partial charge < -0.3 is 10.1 Å². The summed E-state index contributed by atoms with van der Waals surface area (Å²) < 4.78 is 17.8. The van der Waals surface area contributed by atoms with E-state index in [1.165, 1.54) is 17.7 Å². The summed E-state index contributed by atoms with van der Waals surface area (Å²) in [5.74, 6) is 0.659. The molecule has 19 heavy (non-hydrogen) atoms. The maximum Gasteiger partial charge on any atom is 0.123 e. The van der Waals surface area contributed by atoms with Crippen molar-refractivity contribution in [3.63, 3.8) is 0 Å². The molecule has 0 atom stereocenters. The summed E-state index contributed by atoms with van der Waals surface area (Å²) in [6, 6.07) is 14.5. The van der Waals surface area contributed by atoms with Gasteiger partial charge in [0.1, 0.15) is 11.6 Å². The third-order valence-corrected chi connectivity index (χ3v) is 2.73. The molecule has 0 spiro atoms. The summed E-state index contributed by atoms with van der Waals surface area (Å²) in [6.45, 7) is 1.51. The third kappa shape index (κ3) is 4.89. The number of rotatable bonds is 5. The van der Waals surface area contributed by atoms with Crippen molar-refractivity contribution in [2.75, 3.05) is 7.11 Å². The van der Waals surface area contributed by atoms with Crippen molar-refractivity contribution in [3.8, 4) is 5.75 Å². The molecule has 2 aromatic carbocycles. The van der Waals surface area contributed by atoms with E-state index < -0.39 is 0 Å². The quantitative estimate of drug-likeness (QED) is 0.905. The topological polar surface area (TPSA) is 21.3 Å². The van der Waals surface area contributed by atoms with Gasteiger partial charge in [0.2, 0.25) is 0 Å². The SMILES string of the molecule is COc1ccc(CNCc2ccc(F)cc2)cc1.Cl. The monoisotopic (exact) mass is 281 g/mol. The second-order valence-corrected chi connectivity index (χ2v) is 4.08. The molecule has 0 heterocycles. The van der Waals surface area contributed by atoms with Crippen LogP contribution in [0.4, 0.5) is 4.39 Å². The molecule has 0 fully saturated rings. The second-order valence-electron chi connectivity index (χ2n) is 4.08. The molecular formula is C15H17ClFNO. The van der Waals surface area contributed by atoms with Crippen molar-refractivity contribution in [1.29, 1.82) is 0 Å². The Bertz CT molecular complexity index is 485. The number of methoxy groups -OCH3 is 1. The van der Waals surface area contributed by atoms with Crippen molar-refractivity contribution in [3.05, 3.63) is 65.5 Å². The van der Waals surface area contributed by atoms with Gasteiger partial charge in [-0.2, -0.15) is 0 Å². The Morgan fingerprint density at radius 2 is 1.37 bits per heavy atom. The van der Waals surface area contributed by atoms with Crippen LogP contribution < -0.4 is 10.1 Å². The van der Waals surface area contributed by atoms with Crippen LogP contribution in [0, 0.1) is 5.82 Å². The fourth-order valence-electron chi connectivity index (χ4n) is 1.70. The standard InChI is InChI=1S/C15H16FNO.ClH/c1-18-15-8-4-13(5-9-15)11-17-10-12-2-6-14(16)7-3-12;/h2-9,17H,10-11H2,1H3;1H. The molecule has 2 rings (SSSR count). The Morgan fingerprint density at radius 3 is 1.84 bits per heavy atom. The number of ether oxygens (including phenoxy) is 1. The lowest BCUT2D eigenvalue weighted by Gasteiger charge is -2.06. The summed E-state index contributed by atoms with van der Waals surface area (Å²) in [5.41, 5.74) is 2.27. The lowest BCUT2D eigenvalue weighted by Crippen LogP contribution is -2.12. The first-order valence-corrected chi connectivity index (χ1v) is 5.86. The van der Waals surface area contributed by atoms with Gasteiger partial charge in [0, 0.05) is 13.1 Å². The van der Waals surface area contributed by atoms with E-state index in [1.807, 2.05) is 24.3 Å². The third-order valence-electron chi connectivity index (χ3n) is 2.73. The van der Waals surface area contributed by atoms with Crippen LogP contribution in [0.3, 0.4) is 0 Å². The zero-order valence-corrected chi connectivity index (χ0v) is 11.5. The van der Waals surface area contributed by atoms with Crippen LogP contribution >= 0.6 is 12.4 Å². The number of nitrogens with one attached hydrogen (secondary N) is 1. The normalized spacial score (nSPS) is 9.79. The van der Waals surface area contributed by atoms with Crippen LogP contribution in [0.2, 0.25) is 0 Å². The predicted molar refractivity (Wildman–Crippen MR) is 77.2 cm³/mol. The average Bonchev–Trinajstić information content (AvgIpc) is 2.42. The number of hydrogen-bond donors (Lipinski definition) is 1. The lowest BCUT2D eigenvalue weighted by molar-refractivity contribution is 0.414. The van der Waals surface area contributed by atoms with Crippen molar-refractivity contribution in [1.82, 2.24) is 5.32 Å². The van der Waals surface area contributed by atoms with Gasteiger partial charge in [-0.25, -0.2) is 4.39 Å². The maximum atomic E-state index is 12.7. The van der Waals surface area contributed by atoms with Crippen LogP contribution in [0.5, 0.6) is 5.75 Å². The van der Waals surface area contributed by atoms with Crippen LogP contribution in [0.1, 0.15) is 11.1 Å². The molecule has 4 heteroatoms. The molecule has 0 bridgehead atoms. The van der Waals surface area contributed by atoms with Gasteiger partial charge in [0.05, 0.1) is 7.11 Å². The minimum Gasteiger partial charge on any atom is -0.497 e. The average molecular weight is 282 g/mol. The lowest BCUT2D eigenvalue weighted by atomic mass is 10.2. The van der Waals surface area contributed by atoms with Gasteiger partial charge >= 0.3 is 0 Å². The fraction of sp³-hybridized carbons (Fsp3) is 0.200. The van der Waals surface area contributed by atoms with E-state index in [4.69, 9.17) is 4.74 Å². The van der Waals surface area contributed by atoms with Crippen LogP contribution in [0.25, 0.3) is 0 Å². The Morgan fingerprint density at radius 1 is 0.895 bits per heavy atom. The van der Waals surface area contributed by atoms with E-state index >= 15 is 0 Å². The Balaban J connectivity index is 0.00000180. The van der Waals surface area contributed by atoms with Gasteiger partial charge in [0.25, 0.3) is 0 Å². The molecule has 0 unspecified atom stereocenters. The second kappa shape index (κ2) is 7.77. The molecule has 0 aliphatic rings. The molecule has 0 aliphatic carbocycles. The fourth-order valence-corrected chi connectivity index (χ4v) is 1.70. The molecule has 0 aromatic heterocycles. The van der Waals surface area contributed by atoms with Crippen LogP contribution in [0.15, 0.2) is 48.5 Å². The highest BCUT2D eigenvalue weighted by atomic mass is 35.5. The van der Waals surface area contributed by atoms with E-state index in [0.29, 0.717) is 0 Å². The van der Waals surface area contributed by atoms with Gasteiger partial charge in [0.15, 0.2) is 0 Å².